The number of alkyl halides is 3. The van der Waals surface area contributed by atoms with E-state index in [1.807, 2.05) is 0 Å². The smallest absolute Gasteiger partial charge is 0.405 e. The van der Waals surface area contributed by atoms with Crippen molar-refractivity contribution in [2.75, 3.05) is 24.7 Å². The lowest BCUT2D eigenvalue weighted by atomic mass is 10.1. The predicted octanol–water partition coefficient (Wildman–Crippen LogP) is 2.46. The van der Waals surface area contributed by atoms with E-state index in [-0.39, 0.29) is 34.4 Å². The number of hydrogen-bond donors (Lipinski definition) is 3. The first kappa shape index (κ1) is 16.5. The second-order valence-corrected chi connectivity index (χ2v) is 4.54. The van der Waals surface area contributed by atoms with Gasteiger partial charge in [-0.2, -0.15) is 13.2 Å². The molecule has 9 heteroatoms. The highest BCUT2D eigenvalue weighted by atomic mass is 19.4. The van der Waals surface area contributed by atoms with E-state index in [9.17, 15) is 13.2 Å². The molecule has 0 bridgehead atoms. The largest absolute Gasteiger partial charge is 0.491 e. The number of halogens is 3. The average Bonchev–Trinajstić information content (AvgIpc) is 2.51. The molecular weight excluding hydrogens is 311 g/mol. The van der Waals surface area contributed by atoms with Gasteiger partial charge in [0.05, 0.1) is 13.3 Å². The van der Waals surface area contributed by atoms with Crippen molar-refractivity contribution in [3.63, 3.8) is 0 Å². The van der Waals surface area contributed by atoms with Gasteiger partial charge in [0.15, 0.2) is 17.4 Å². The van der Waals surface area contributed by atoms with Gasteiger partial charge in [0, 0.05) is 11.3 Å². The summed E-state index contributed by atoms with van der Waals surface area (Å²) in [5.74, 6) is 0.289. The molecule has 0 spiro atoms. The summed E-state index contributed by atoms with van der Waals surface area (Å²) in [6.45, 7) is -1.21. The molecule has 0 aliphatic carbocycles. The van der Waals surface area contributed by atoms with E-state index in [4.69, 9.17) is 15.9 Å². The molecule has 0 aliphatic rings. The van der Waals surface area contributed by atoms with Crippen molar-refractivity contribution in [3.8, 4) is 5.75 Å². The van der Waals surface area contributed by atoms with Crippen LogP contribution >= 0.6 is 0 Å². The number of aromatic nitrogens is 2. The van der Waals surface area contributed by atoms with Crippen LogP contribution in [0.5, 0.6) is 5.75 Å². The number of nitrogens with one attached hydrogen (secondary N) is 2. The fourth-order valence-electron chi connectivity index (χ4n) is 1.83. The van der Waals surface area contributed by atoms with Crippen LogP contribution in [0.1, 0.15) is 11.4 Å². The van der Waals surface area contributed by atoms with Gasteiger partial charge in [0.2, 0.25) is 0 Å². The molecule has 122 valence electrons. The van der Waals surface area contributed by atoms with Crippen LogP contribution in [0, 0.1) is 5.41 Å². The van der Waals surface area contributed by atoms with Crippen molar-refractivity contribution in [2.45, 2.75) is 6.18 Å². The van der Waals surface area contributed by atoms with Gasteiger partial charge in [0.1, 0.15) is 12.3 Å². The molecule has 2 aromatic rings. The van der Waals surface area contributed by atoms with Crippen LogP contribution in [0.25, 0.3) is 0 Å². The number of nitrogens with two attached hydrogens (primary N) is 1. The fourth-order valence-corrected chi connectivity index (χ4v) is 1.83. The molecule has 1 aromatic carbocycles. The van der Waals surface area contributed by atoms with E-state index in [2.05, 4.69) is 15.3 Å². The maximum absolute atomic E-state index is 12.4. The maximum Gasteiger partial charge on any atom is 0.405 e. The highest BCUT2D eigenvalue weighted by molar-refractivity contribution is 6.12. The Morgan fingerprint density at radius 3 is 2.65 bits per heavy atom. The van der Waals surface area contributed by atoms with Crippen LogP contribution in [-0.4, -0.2) is 35.5 Å². The van der Waals surface area contributed by atoms with Crippen molar-refractivity contribution in [1.82, 2.24) is 9.97 Å². The van der Waals surface area contributed by atoms with E-state index >= 15 is 0 Å². The van der Waals surface area contributed by atoms with Gasteiger partial charge in [-0.05, 0) is 6.07 Å². The van der Waals surface area contributed by atoms with E-state index in [0.717, 1.165) is 0 Å². The minimum Gasteiger partial charge on any atom is -0.491 e. The minimum absolute atomic E-state index is 0.00967. The summed E-state index contributed by atoms with van der Waals surface area (Å²) in [5, 5.41) is 10.4. The number of nitrogen functional groups attached to an aromatic ring is 1. The number of hydrogen-bond acceptors (Lipinski definition) is 6. The molecule has 0 radical (unpaired) electrons. The first-order valence-electron chi connectivity index (χ1n) is 6.47. The van der Waals surface area contributed by atoms with E-state index in [0.29, 0.717) is 0 Å². The first-order chi connectivity index (χ1) is 10.8. The van der Waals surface area contributed by atoms with E-state index in [1.54, 1.807) is 12.1 Å². The van der Waals surface area contributed by atoms with Crippen molar-refractivity contribution in [3.05, 3.63) is 41.9 Å². The number of nitrogens with zero attached hydrogens (tertiary/aromatic N) is 2. The summed E-state index contributed by atoms with van der Waals surface area (Å²) in [5.41, 5.74) is 5.91. The van der Waals surface area contributed by atoms with E-state index < -0.39 is 12.7 Å². The van der Waals surface area contributed by atoms with Crippen molar-refractivity contribution in [1.29, 1.82) is 5.41 Å². The topological polar surface area (TPSA) is 96.9 Å². The minimum atomic E-state index is -4.36. The number of para-hydroxylation sites is 1. The Kier molecular flexibility index (Phi) is 4.68. The zero-order chi connectivity index (χ0) is 17.0. The summed E-state index contributed by atoms with van der Waals surface area (Å²) in [7, 11) is 1.40. The zero-order valence-electron chi connectivity index (χ0n) is 12.1. The molecule has 0 amide bonds. The summed E-state index contributed by atoms with van der Waals surface area (Å²) in [4.78, 5) is 7.88. The van der Waals surface area contributed by atoms with Gasteiger partial charge >= 0.3 is 6.18 Å². The molecule has 0 unspecified atom stereocenters. The second-order valence-electron chi connectivity index (χ2n) is 4.54. The Labute approximate surface area is 130 Å². The van der Waals surface area contributed by atoms with Gasteiger partial charge < -0.3 is 15.8 Å². The van der Waals surface area contributed by atoms with Crippen LogP contribution in [0.15, 0.2) is 30.5 Å². The summed E-state index contributed by atoms with van der Waals surface area (Å²) in [6, 6.07) is 6.13. The number of rotatable bonds is 5. The molecule has 0 fully saturated rings. The third kappa shape index (κ3) is 4.09. The quantitative estimate of drug-likeness (QED) is 0.734. The van der Waals surface area contributed by atoms with Crippen LogP contribution < -0.4 is 15.8 Å². The average molecular weight is 325 g/mol. The van der Waals surface area contributed by atoms with Crippen LogP contribution in [0.2, 0.25) is 0 Å². The van der Waals surface area contributed by atoms with E-state index in [1.165, 1.54) is 25.4 Å². The SMILES string of the molecule is COc1cnc(C(=N)c2ccccc2NCC(F)(F)F)nc1N. The van der Waals surface area contributed by atoms with Gasteiger partial charge in [-0.3, -0.25) is 5.41 Å². The third-order valence-corrected chi connectivity index (χ3v) is 2.90. The summed E-state index contributed by atoms with van der Waals surface area (Å²) >= 11 is 0. The lowest BCUT2D eigenvalue weighted by Crippen LogP contribution is -2.22. The number of ether oxygens (including phenoxy) is 1. The molecule has 2 rings (SSSR count). The fraction of sp³-hybridized carbons (Fsp3) is 0.214. The van der Waals surface area contributed by atoms with Crippen LogP contribution in [0.3, 0.4) is 0 Å². The van der Waals surface area contributed by atoms with Crippen LogP contribution in [0.4, 0.5) is 24.7 Å². The van der Waals surface area contributed by atoms with Crippen molar-refractivity contribution in [2.24, 2.45) is 0 Å². The molecule has 0 aliphatic heterocycles. The molecule has 23 heavy (non-hydrogen) atoms. The Morgan fingerprint density at radius 1 is 1.35 bits per heavy atom. The Hall–Kier alpha value is -2.84. The van der Waals surface area contributed by atoms with Crippen LogP contribution in [-0.2, 0) is 0 Å². The molecule has 0 atom stereocenters. The lowest BCUT2D eigenvalue weighted by molar-refractivity contribution is -0.115. The Morgan fingerprint density at radius 2 is 2.04 bits per heavy atom. The standard InChI is InChI=1S/C14H14F3N5O/c1-23-10-6-20-13(22-12(10)19)11(18)8-4-2-3-5-9(8)21-7-14(15,16)17/h2-6,18,21H,7H2,1H3,(H2,19,20,22). The monoisotopic (exact) mass is 325 g/mol. The number of anilines is 2. The van der Waals surface area contributed by atoms with Gasteiger partial charge in [-0.25, -0.2) is 9.97 Å². The van der Waals surface area contributed by atoms with Gasteiger partial charge in [-0.15, -0.1) is 0 Å². The third-order valence-electron chi connectivity index (χ3n) is 2.90. The molecule has 1 heterocycles. The van der Waals surface area contributed by atoms with Crippen molar-refractivity contribution < 1.29 is 17.9 Å². The maximum atomic E-state index is 12.4. The van der Waals surface area contributed by atoms with Crippen molar-refractivity contribution >= 4 is 17.2 Å². The van der Waals surface area contributed by atoms with Gasteiger partial charge in [-0.1, -0.05) is 18.2 Å². The highest BCUT2D eigenvalue weighted by Gasteiger charge is 2.27. The summed E-state index contributed by atoms with van der Waals surface area (Å²) in [6.07, 6.45) is -3.06. The number of methoxy groups -OCH3 is 1. The molecule has 0 saturated carbocycles. The predicted molar refractivity (Wildman–Crippen MR) is 79.9 cm³/mol. The Balaban J connectivity index is 2.31. The Bertz CT molecular complexity index is 718. The second kappa shape index (κ2) is 6.51. The molecule has 0 saturated heterocycles. The molecule has 1 aromatic heterocycles. The normalized spacial score (nSPS) is 11.1. The lowest BCUT2D eigenvalue weighted by Gasteiger charge is -2.14. The first-order valence-corrected chi connectivity index (χ1v) is 6.47. The number of benzene rings is 1. The molecular formula is C14H14F3N5O. The highest BCUT2D eigenvalue weighted by Crippen LogP contribution is 2.23. The summed E-state index contributed by atoms with van der Waals surface area (Å²) < 4.78 is 42.0. The molecule has 6 nitrogen and oxygen atoms in total. The van der Waals surface area contributed by atoms with Gasteiger partial charge in [0.25, 0.3) is 0 Å². The molecule has 4 N–H and O–H groups in total. The zero-order valence-corrected chi connectivity index (χ0v) is 12.1.